The number of carbonyl (C=O) groups excluding carboxylic acids is 1. The van der Waals surface area contributed by atoms with Gasteiger partial charge < -0.3 is 5.32 Å². The number of hydrogen-bond donors (Lipinski definition) is 1. The molecule has 16 heavy (non-hydrogen) atoms. The Hall–Kier alpha value is -0.290. The zero-order valence-electron chi connectivity index (χ0n) is 9.22. The fourth-order valence-corrected chi connectivity index (χ4v) is 2.35. The molecule has 4 heteroatoms. The summed E-state index contributed by atoms with van der Waals surface area (Å²) in [6, 6.07) is 5.46. The first-order valence-corrected chi connectivity index (χ1v) is 6.84. The van der Waals surface area contributed by atoms with Crippen LogP contribution in [0.3, 0.4) is 0 Å². The normalized spacial score (nSPS) is 10.2. The number of anilines is 1. The lowest BCUT2D eigenvalue weighted by Crippen LogP contribution is -2.11. The van der Waals surface area contributed by atoms with Gasteiger partial charge in [-0.25, -0.2) is 0 Å². The molecule has 0 aromatic heterocycles. The minimum absolute atomic E-state index is 0.0775. The fourth-order valence-electron chi connectivity index (χ4n) is 1.34. The highest BCUT2D eigenvalue weighted by molar-refractivity contribution is 14.1. The summed E-state index contributed by atoms with van der Waals surface area (Å²) < 4.78 is 0.967. The number of unbranched alkanes of at least 4 members (excludes halogenated alkanes) is 2. The van der Waals surface area contributed by atoms with Crippen molar-refractivity contribution < 1.29 is 4.79 Å². The maximum absolute atomic E-state index is 11.6. The highest BCUT2D eigenvalue weighted by Crippen LogP contribution is 2.22. The molecule has 0 fully saturated rings. The summed E-state index contributed by atoms with van der Waals surface area (Å²) in [5.41, 5.74) is 0.839. The first kappa shape index (κ1) is 13.8. The lowest BCUT2D eigenvalue weighted by Gasteiger charge is -2.07. The number of rotatable bonds is 5. The Labute approximate surface area is 115 Å². The maximum atomic E-state index is 11.6. The SMILES string of the molecule is CCCCCC(=O)Nc1ccc(Cl)cc1I. The van der Waals surface area contributed by atoms with Gasteiger partial charge in [0.15, 0.2) is 0 Å². The molecule has 1 N–H and O–H groups in total. The van der Waals surface area contributed by atoms with Crippen LogP contribution < -0.4 is 5.32 Å². The third-order valence-corrected chi connectivity index (χ3v) is 3.34. The Morgan fingerprint density at radius 3 is 2.81 bits per heavy atom. The molecular weight excluding hydrogens is 336 g/mol. The molecule has 0 aliphatic carbocycles. The molecule has 0 aliphatic rings. The van der Waals surface area contributed by atoms with E-state index in [1.165, 1.54) is 0 Å². The van der Waals surface area contributed by atoms with E-state index in [4.69, 9.17) is 11.6 Å². The van der Waals surface area contributed by atoms with Crippen molar-refractivity contribution in [2.75, 3.05) is 5.32 Å². The van der Waals surface area contributed by atoms with E-state index < -0.39 is 0 Å². The molecule has 0 heterocycles. The van der Waals surface area contributed by atoms with E-state index in [0.717, 1.165) is 28.5 Å². The van der Waals surface area contributed by atoms with E-state index in [1.54, 1.807) is 6.07 Å². The van der Waals surface area contributed by atoms with Crippen LogP contribution in [-0.2, 0) is 4.79 Å². The van der Waals surface area contributed by atoms with E-state index in [0.29, 0.717) is 11.4 Å². The highest BCUT2D eigenvalue weighted by atomic mass is 127. The molecule has 1 rings (SSSR count). The molecule has 0 radical (unpaired) electrons. The Balaban J connectivity index is 2.49. The number of benzene rings is 1. The number of carbonyl (C=O) groups is 1. The average Bonchev–Trinajstić information content (AvgIpc) is 2.23. The van der Waals surface area contributed by atoms with E-state index in [-0.39, 0.29) is 5.91 Å². The van der Waals surface area contributed by atoms with Gasteiger partial charge >= 0.3 is 0 Å². The molecular formula is C12H15ClINO. The van der Waals surface area contributed by atoms with Crippen LogP contribution in [0.1, 0.15) is 32.6 Å². The van der Waals surface area contributed by atoms with Crippen molar-refractivity contribution in [2.45, 2.75) is 32.6 Å². The third-order valence-electron chi connectivity index (χ3n) is 2.21. The topological polar surface area (TPSA) is 29.1 Å². The highest BCUT2D eigenvalue weighted by Gasteiger charge is 2.05. The standard InChI is InChI=1S/C12H15ClINO/c1-2-3-4-5-12(16)15-11-7-6-9(13)8-10(11)14/h6-8H,2-5H2,1H3,(H,15,16). The Bertz CT molecular complexity index is 368. The third kappa shape index (κ3) is 4.70. The van der Waals surface area contributed by atoms with Crippen LogP contribution in [0.15, 0.2) is 18.2 Å². The molecule has 0 bridgehead atoms. The number of amides is 1. The van der Waals surface area contributed by atoms with Crippen LogP contribution in [0.5, 0.6) is 0 Å². The van der Waals surface area contributed by atoms with Crippen molar-refractivity contribution >= 4 is 45.8 Å². The maximum Gasteiger partial charge on any atom is 0.224 e. The second kappa shape index (κ2) is 7.12. The first-order chi connectivity index (χ1) is 7.63. The van der Waals surface area contributed by atoms with Gasteiger partial charge in [-0.3, -0.25) is 4.79 Å². The largest absolute Gasteiger partial charge is 0.325 e. The first-order valence-electron chi connectivity index (χ1n) is 5.38. The number of halogens is 2. The van der Waals surface area contributed by atoms with Crippen LogP contribution >= 0.6 is 34.2 Å². The van der Waals surface area contributed by atoms with Crippen LogP contribution in [-0.4, -0.2) is 5.91 Å². The van der Waals surface area contributed by atoms with E-state index in [2.05, 4.69) is 34.8 Å². The van der Waals surface area contributed by atoms with Crippen molar-refractivity contribution in [3.8, 4) is 0 Å². The van der Waals surface area contributed by atoms with Crippen LogP contribution in [0.25, 0.3) is 0 Å². The van der Waals surface area contributed by atoms with Gasteiger partial charge in [-0.2, -0.15) is 0 Å². The van der Waals surface area contributed by atoms with Gasteiger partial charge in [0.1, 0.15) is 0 Å². The summed E-state index contributed by atoms with van der Waals surface area (Å²) in [7, 11) is 0. The average molecular weight is 352 g/mol. The molecule has 0 atom stereocenters. The van der Waals surface area contributed by atoms with E-state index in [9.17, 15) is 4.79 Å². The quantitative estimate of drug-likeness (QED) is 0.616. The monoisotopic (exact) mass is 351 g/mol. The predicted molar refractivity (Wildman–Crippen MR) is 76.9 cm³/mol. The van der Waals surface area contributed by atoms with Crippen LogP contribution in [0, 0.1) is 3.57 Å². The number of nitrogens with one attached hydrogen (secondary N) is 1. The Kier molecular flexibility index (Phi) is 6.13. The van der Waals surface area contributed by atoms with Crippen molar-refractivity contribution in [1.29, 1.82) is 0 Å². The zero-order valence-corrected chi connectivity index (χ0v) is 12.1. The van der Waals surface area contributed by atoms with Gasteiger partial charge in [-0.05, 0) is 47.2 Å². The molecule has 88 valence electrons. The van der Waals surface area contributed by atoms with Crippen LogP contribution in [0.4, 0.5) is 5.69 Å². The van der Waals surface area contributed by atoms with Gasteiger partial charge in [-0.1, -0.05) is 31.4 Å². The second-order valence-electron chi connectivity index (χ2n) is 3.63. The van der Waals surface area contributed by atoms with Crippen molar-refractivity contribution in [3.05, 3.63) is 26.8 Å². The minimum Gasteiger partial charge on any atom is -0.325 e. The summed E-state index contributed by atoms with van der Waals surface area (Å²) in [5, 5.41) is 3.58. The predicted octanol–water partition coefficient (Wildman–Crippen LogP) is 4.46. The van der Waals surface area contributed by atoms with Gasteiger partial charge in [0.05, 0.1) is 5.69 Å². The van der Waals surface area contributed by atoms with Crippen molar-refractivity contribution in [2.24, 2.45) is 0 Å². The summed E-state index contributed by atoms with van der Waals surface area (Å²) >= 11 is 8.00. The molecule has 0 aliphatic heterocycles. The van der Waals surface area contributed by atoms with Gasteiger partial charge in [0, 0.05) is 15.0 Å². The zero-order chi connectivity index (χ0) is 12.0. The fraction of sp³-hybridized carbons (Fsp3) is 0.417. The Morgan fingerprint density at radius 2 is 2.19 bits per heavy atom. The molecule has 2 nitrogen and oxygen atoms in total. The Morgan fingerprint density at radius 1 is 1.44 bits per heavy atom. The van der Waals surface area contributed by atoms with E-state index >= 15 is 0 Å². The minimum atomic E-state index is 0.0775. The lowest BCUT2D eigenvalue weighted by atomic mass is 10.2. The van der Waals surface area contributed by atoms with Crippen molar-refractivity contribution in [1.82, 2.24) is 0 Å². The smallest absolute Gasteiger partial charge is 0.224 e. The molecule has 1 aromatic rings. The molecule has 0 unspecified atom stereocenters. The van der Waals surface area contributed by atoms with E-state index in [1.807, 2.05) is 12.1 Å². The van der Waals surface area contributed by atoms with Gasteiger partial charge in [0.2, 0.25) is 5.91 Å². The van der Waals surface area contributed by atoms with Gasteiger partial charge in [0.25, 0.3) is 0 Å². The lowest BCUT2D eigenvalue weighted by molar-refractivity contribution is -0.116. The van der Waals surface area contributed by atoms with Crippen LogP contribution in [0.2, 0.25) is 5.02 Å². The van der Waals surface area contributed by atoms with Gasteiger partial charge in [-0.15, -0.1) is 0 Å². The summed E-state index contributed by atoms with van der Waals surface area (Å²) in [6.45, 7) is 2.13. The van der Waals surface area contributed by atoms with Crippen molar-refractivity contribution in [3.63, 3.8) is 0 Å². The molecule has 0 saturated carbocycles. The molecule has 0 saturated heterocycles. The summed E-state index contributed by atoms with van der Waals surface area (Å²) in [6.07, 6.45) is 3.77. The number of hydrogen-bond acceptors (Lipinski definition) is 1. The molecule has 0 spiro atoms. The summed E-state index contributed by atoms with van der Waals surface area (Å²) in [4.78, 5) is 11.6. The molecule has 1 amide bonds. The summed E-state index contributed by atoms with van der Waals surface area (Å²) in [5.74, 6) is 0.0775. The second-order valence-corrected chi connectivity index (χ2v) is 5.23. The molecule has 1 aromatic carbocycles.